The Bertz CT molecular complexity index is 252. The molecule has 2 amide bonds. The van der Waals surface area contributed by atoms with E-state index in [4.69, 9.17) is 0 Å². The Morgan fingerprint density at radius 1 is 1.20 bits per heavy atom. The van der Waals surface area contributed by atoms with E-state index in [0.29, 0.717) is 6.54 Å². The van der Waals surface area contributed by atoms with Crippen molar-refractivity contribution in [2.75, 3.05) is 13.6 Å². The first kappa shape index (κ1) is 13.4. The smallest absolute Gasteiger partial charge is 0.265 e. The zero-order valence-corrected chi connectivity index (χ0v) is 9.25. The maximum Gasteiger partial charge on any atom is 0.290 e. The van der Waals surface area contributed by atoms with Crippen molar-refractivity contribution in [3.8, 4) is 0 Å². The number of quaternary nitrogens is 1. The van der Waals surface area contributed by atoms with Gasteiger partial charge in [-0.25, -0.2) is 0 Å². The summed E-state index contributed by atoms with van der Waals surface area (Å²) in [6.07, 6.45) is 3.13. The van der Waals surface area contributed by atoms with Crippen LogP contribution < -0.4 is 10.9 Å². The molecule has 2 N–H and O–H groups in total. The third-order valence-corrected chi connectivity index (χ3v) is 1.76. The molecular formula is C10H18N3O2+. The van der Waals surface area contributed by atoms with E-state index >= 15 is 0 Å². The summed E-state index contributed by atoms with van der Waals surface area (Å²) in [5, 5.41) is 0. The number of hydrogen-bond acceptors (Lipinski definition) is 2. The van der Waals surface area contributed by atoms with Crippen molar-refractivity contribution in [3.05, 3.63) is 25.3 Å². The van der Waals surface area contributed by atoms with Crippen LogP contribution in [0, 0.1) is 0 Å². The van der Waals surface area contributed by atoms with Crippen LogP contribution in [0.1, 0.15) is 13.3 Å². The summed E-state index contributed by atoms with van der Waals surface area (Å²) in [5.41, 5.74) is 5.22. The Morgan fingerprint density at radius 2 is 1.60 bits per heavy atom. The first-order valence-corrected chi connectivity index (χ1v) is 4.72. The van der Waals surface area contributed by atoms with Crippen molar-refractivity contribution in [1.29, 1.82) is 0 Å². The molecule has 0 aromatic heterocycles. The summed E-state index contributed by atoms with van der Waals surface area (Å²) < 4.78 is -0.0633. The van der Waals surface area contributed by atoms with Crippen molar-refractivity contribution < 1.29 is 14.3 Å². The molecule has 0 aromatic rings. The zero-order valence-electron chi connectivity index (χ0n) is 9.25. The molecule has 0 fully saturated rings. The predicted octanol–water partition coefficient (Wildman–Crippen LogP) is 0.277. The Labute approximate surface area is 90.0 Å². The highest BCUT2D eigenvalue weighted by molar-refractivity contribution is 5.87. The molecule has 5 nitrogen and oxygen atoms in total. The minimum absolute atomic E-state index is 0.0633. The molecular weight excluding hydrogens is 194 g/mol. The molecule has 0 unspecified atom stereocenters. The number of nitrogens with one attached hydrogen (secondary N) is 2. The third kappa shape index (κ3) is 4.97. The second-order valence-corrected chi connectivity index (χ2v) is 3.28. The number of amides is 2. The fraction of sp³-hybridized carbons (Fsp3) is 0.400. The second-order valence-electron chi connectivity index (χ2n) is 3.28. The molecule has 0 aliphatic heterocycles. The lowest BCUT2D eigenvalue weighted by Crippen LogP contribution is -2.66. The molecule has 0 aliphatic carbocycles. The van der Waals surface area contributed by atoms with Crippen LogP contribution in [0.5, 0.6) is 0 Å². The first-order chi connectivity index (χ1) is 6.97. The van der Waals surface area contributed by atoms with E-state index in [1.807, 2.05) is 6.92 Å². The molecule has 84 valence electrons. The van der Waals surface area contributed by atoms with Crippen molar-refractivity contribution in [3.63, 3.8) is 0 Å². The van der Waals surface area contributed by atoms with Gasteiger partial charge in [0.05, 0.1) is 0 Å². The first-order valence-electron chi connectivity index (χ1n) is 4.72. The summed E-state index contributed by atoms with van der Waals surface area (Å²) >= 11 is 0. The predicted molar refractivity (Wildman–Crippen MR) is 58.0 cm³/mol. The summed E-state index contributed by atoms with van der Waals surface area (Å²) in [5.74, 6) is -0.675. The van der Waals surface area contributed by atoms with Gasteiger partial charge in [0, 0.05) is 12.2 Å². The van der Waals surface area contributed by atoms with Crippen LogP contribution in [0.3, 0.4) is 0 Å². The van der Waals surface area contributed by atoms with Crippen LogP contribution in [0.25, 0.3) is 0 Å². The van der Waals surface area contributed by atoms with Gasteiger partial charge in [0.1, 0.15) is 13.6 Å². The fourth-order valence-corrected chi connectivity index (χ4v) is 1.16. The van der Waals surface area contributed by atoms with Crippen LogP contribution in [0.2, 0.25) is 0 Å². The number of hydrogen-bond donors (Lipinski definition) is 2. The van der Waals surface area contributed by atoms with Crippen LogP contribution in [0.15, 0.2) is 25.3 Å². The van der Waals surface area contributed by atoms with Crippen molar-refractivity contribution in [1.82, 2.24) is 10.9 Å². The van der Waals surface area contributed by atoms with Gasteiger partial charge in [0.2, 0.25) is 0 Å². The highest BCUT2D eigenvalue weighted by Gasteiger charge is 2.24. The van der Waals surface area contributed by atoms with Crippen LogP contribution >= 0.6 is 0 Å². The molecule has 0 heterocycles. The largest absolute Gasteiger partial charge is 0.290 e. The Kier molecular flexibility index (Phi) is 5.33. The number of carbonyl (C=O) groups is 2. The Hall–Kier alpha value is -1.62. The van der Waals surface area contributed by atoms with Gasteiger partial charge >= 0.3 is 0 Å². The lowest BCUT2D eigenvalue weighted by atomic mass is 10.4. The van der Waals surface area contributed by atoms with E-state index < -0.39 is 0 Å². The molecule has 0 spiro atoms. The standard InChI is InChI=1S/C10H17N3O2/c1-5-8-13(4,11-9(14)6-2)12-10(15)7-3/h6-7H,2-3,5,8H2,1,4H3,(H-,11,12,14,15)/p+1. The summed E-state index contributed by atoms with van der Waals surface area (Å²) in [6, 6.07) is 0. The summed E-state index contributed by atoms with van der Waals surface area (Å²) in [4.78, 5) is 22.3. The zero-order chi connectivity index (χ0) is 11.9. The lowest BCUT2D eigenvalue weighted by molar-refractivity contribution is -0.976. The topological polar surface area (TPSA) is 58.2 Å². The van der Waals surface area contributed by atoms with E-state index in [1.54, 1.807) is 7.05 Å². The quantitative estimate of drug-likeness (QED) is 0.377. The highest BCUT2D eigenvalue weighted by atomic mass is 16.2. The average Bonchev–Trinajstić information content (AvgIpc) is 2.17. The monoisotopic (exact) mass is 212 g/mol. The second kappa shape index (κ2) is 5.98. The number of nitrogens with zero attached hydrogens (tertiary/aromatic N) is 1. The van der Waals surface area contributed by atoms with Crippen molar-refractivity contribution >= 4 is 11.8 Å². The molecule has 0 radical (unpaired) electrons. The maximum atomic E-state index is 11.2. The molecule has 0 aromatic carbocycles. The van der Waals surface area contributed by atoms with Gasteiger partial charge in [-0.1, -0.05) is 20.1 Å². The summed E-state index contributed by atoms with van der Waals surface area (Å²) in [7, 11) is 1.69. The molecule has 0 saturated carbocycles. The Balaban J connectivity index is 4.56. The maximum absolute atomic E-state index is 11.2. The van der Waals surface area contributed by atoms with Crippen molar-refractivity contribution in [2.24, 2.45) is 0 Å². The van der Waals surface area contributed by atoms with E-state index in [0.717, 1.165) is 18.6 Å². The molecule has 5 heteroatoms. The molecule has 0 bridgehead atoms. The van der Waals surface area contributed by atoms with Gasteiger partial charge in [-0.05, 0) is 6.42 Å². The van der Waals surface area contributed by atoms with E-state index in [-0.39, 0.29) is 16.5 Å². The molecule has 15 heavy (non-hydrogen) atoms. The van der Waals surface area contributed by atoms with Gasteiger partial charge in [0.15, 0.2) is 0 Å². The lowest BCUT2D eigenvalue weighted by Gasteiger charge is -2.31. The van der Waals surface area contributed by atoms with Gasteiger partial charge in [0.25, 0.3) is 11.8 Å². The molecule has 0 rings (SSSR count). The van der Waals surface area contributed by atoms with E-state index in [9.17, 15) is 9.59 Å². The van der Waals surface area contributed by atoms with Gasteiger partial charge in [-0.15, -0.1) is 4.70 Å². The third-order valence-electron chi connectivity index (χ3n) is 1.76. The minimum atomic E-state index is -0.338. The summed E-state index contributed by atoms with van der Waals surface area (Å²) in [6.45, 7) is 9.24. The SMILES string of the molecule is C=CC(=O)N[N+](C)(CCC)NC(=O)C=C. The van der Waals surface area contributed by atoms with Crippen molar-refractivity contribution in [2.45, 2.75) is 13.3 Å². The number of carbonyl (C=O) groups excluding carboxylic acids is 2. The molecule has 0 aliphatic rings. The van der Waals surface area contributed by atoms with Crippen LogP contribution in [-0.2, 0) is 9.59 Å². The minimum Gasteiger partial charge on any atom is -0.265 e. The fourth-order valence-electron chi connectivity index (χ4n) is 1.16. The Morgan fingerprint density at radius 3 is 1.87 bits per heavy atom. The van der Waals surface area contributed by atoms with Gasteiger partial charge < -0.3 is 0 Å². The normalized spacial score (nSPS) is 10.3. The highest BCUT2D eigenvalue weighted by Crippen LogP contribution is 1.95. The van der Waals surface area contributed by atoms with Crippen LogP contribution in [-0.4, -0.2) is 30.1 Å². The van der Waals surface area contributed by atoms with E-state index in [1.165, 1.54) is 0 Å². The van der Waals surface area contributed by atoms with Gasteiger partial charge in [-0.2, -0.15) is 10.9 Å². The van der Waals surface area contributed by atoms with Gasteiger partial charge in [-0.3, -0.25) is 9.59 Å². The molecule has 0 saturated heterocycles. The molecule has 0 atom stereocenters. The number of rotatable bonds is 6. The van der Waals surface area contributed by atoms with E-state index in [2.05, 4.69) is 24.0 Å². The van der Waals surface area contributed by atoms with Crippen LogP contribution in [0.4, 0.5) is 0 Å². The average molecular weight is 212 g/mol.